The molecule has 1 aliphatic rings. The van der Waals surface area contributed by atoms with Crippen LogP contribution in [0.25, 0.3) is 5.69 Å². The molecule has 1 aromatic heterocycles. The fourth-order valence-corrected chi connectivity index (χ4v) is 4.38. The number of urea groups is 1. The number of nitrogens with one attached hydrogen (secondary N) is 2. The number of hydrogen-bond donors (Lipinski definition) is 2. The number of halogens is 1. The summed E-state index contributed by atoms with van der Waals surface area (Å²) in [6.45, 7) is 6.69. The summed E-state index contributed by atoms with van der Waals surface area (Å²) in [6, 6.07) is 17.8. The van der Waals surface area contributed by atoms with Gasteiger partial charge < -0.3 is 10.1 Å². The van der Waals surface area contributed by atoms with Crippen LogP contribution in [0.1, 0.15) is 36.9 Å². The van der Waals surface area contributed by atoms with Crippen molar-refractivity contribution in [3.05, 3.63) is 77.7 Å². The zero-order valence-electron chi connectivity index (χ0n) is 19.9. The largest absolute Gasteiger partial charge is 0.383 e. The molecule has 2 amide bonds. The average Bonchev–Trinajstić information content (AvgIpc) is 3.43. The highest BCUT2D eigenvalue weighted by Gasteiger charge is 2.36. The first kappa shape index (κ1) is 23.9. The van der Waals surface area contributed by atoms with E-state index < -0.39 is 0 Å². The average molecular weight is 466 g/mol. The molecule has 2 N–H and O–H groups in total. The molecule has 1 fully saturated rings. The van der Waals surface area contributed by atoms with Gasteiger partial charge in [0.25, 0.3) is 0 Å². The summed E-state index contributed by atoms with van der Waals surface area (Å²) >= 11 is 0. The number of carbonyl (C=O) groups is 1. The van der Waals surface area contributed by atoms with Crippen LogP contribution in [0.3, 0.4) is 0 Å². The first-order chi connectivity index (χ1) is 16.5. The van der Waals surface area contributed by atoms with Crippen molar-refractivity contribution in [1.29, 1.82) is 0 Å². The van der Waals surface area contributed by atoms with Crippen LogP contribution >= 0.6 is 0 Å². The van der Waals surface area contributed by atoms with Crippen LogP contribution in [0.15, 0.2) is 60.7 Å². The quantitative estimate of drug-likeness (QED) is 0.518. The Morgan fingerprint density at radius 3 is 2.59 bits per heavy atom. The fourth-order valence-electron chi connectivity index (χ4n) is 4.38. The Morgan fingerprint density at radius 2 is 1.88 bits per heavy atom. The number of hydrogen-bond acceptors (Lipinski definition) is 4. The van der Waals surface area contributed by atoms with Crippen LogP contribution in [-0.4, -0.2) is 60.1 Å². The van der Waals surface area contributed by atoms with Gasteiger partial charge in [-0.15, -0.1) is 0 Å². The minimum atomic E-state index is -0.340. The number of para-hydroxylation sites is 1. The minimum absolute atomic E-state index is 0.158. The van der Waals surface area contributed by atoms with Crippen molar-refractivity contribution >= 4 is 11.8 Å². The van der Waals surface area contributed by atoms with E-state index in [1.54, 1.807) is 23.9 Å². The molecule has 0 saturated carbocycles. The van der Waals surface area contributed by atoms with Crippen LogP contribution in [0, 0.1) is 5.82 Å². The second-order valence-electron chi connectivity index (χ2n) is 8.94. The van der Waals surface area contributed by atoms with Crippen LogP contribution in [-0.2, 0) is 4.74 Å². The van der Waals surface area contributed by atoms with Crippen molar-refractivity contribution in [3.63, 3.8) is 0 Å². The zero-order valence-corrected chi connectivity index (χ0v) is 19.9. The minimum Gasteiger partial charge on any atom is -0.383 e. The number of ether oxygens (including phenoxy) is 1. The molecule has 0 aliphatic carbocycles. The van der Waals surface area contributed by atoms with E-state index in [9.17, 15) is 9.18 Å². The van der Waals surface area contributed by atoms with Crippen molar-refractivity contribution in [2.75, 3.05) is 38.7 Å². The standard InChI is InChI=1S/C26H32FN5O2/c1-18(2)23-15-25(32(30-23)19-9-5-4-6-10-19)29-26(33)28-24-17-31(13-14-34-3)16-21(24)20-11-7-8-12-22(20)27/h4-12,15,18,21,24H,13-14,16-17H2,1-3H3,(H2,28,29,33)/t21?,24-/m1/s1. The molecule has 1 saturated heterocycles. The smallest absolute Gasteiger partial charge is 0.320 e. The normalized spacial score (nSPS) is 18.4. The lowest BCUT2D eigenvalue weighted by atomic mass is 9.94. The molecule has 3 aromatic rings. The number of benzene rings is 2. The van der Waals surface area contributed by atoms with E-state index in [0.29, 0.717) is 31.1 Å². The number of likely N-dealkylation sites (tertiary alicyclic amines) is 1. The highest BCUT2D eigenvalue weighted by molar-refractivity contribution is 5.89. The lowest BCUT2D eigenvalue weighted by molar-refractivity contribution is 0.159. The molecule has 2 atom stereocenters. The van der Waals surface area contributed by atoms with Crippen molar-refractivity contribution < 1.29 is 13.9 Å². The Morgan fingerprint density at radius 1 is 1.15 bits per heavy atom. The molecule has 7 nitrogen and oxygen atoms in total. The van der Waals surface area contributed by atoms with E-state index >= 15 is 0 Å². The summed E-state index contributed by atoms with van der Waals surface area (Å²) in [7, 11) is 1.66. The van der Waals surface area contributed by atoms with Crippen LogP contribution < -0.4 is 10.6 Å². The maximum absolute atomic E-state index is 14.6. The molecular formula is C26H32FN5O2. The first-order valence-electron chi connectivity index (χ1n) is 11.6. The van der Waals surface area contributed by atoms with Gasteiger partial charge in [0.2, 0.25) is 0 Å². The molecule has 0 spiro atoms. The van der Waals surface area contributed by atoms with Crippen molar-refractivity contribution in [2.24, 2.45) is 0 Å². The van der Waals surface area contributed by atoms with Gasteiger partial charge >= 0.3 is 6.03 Å². The first-order valence-corrected chi connectivity index (χ1v) is 11.6. The van der Waals surface area contributed by atoms with Crippen LogP contribution in [0.5, 0.6) is 0 Å². The predicted molar refractivity (Wildman–Crippen MR) is 131 cm³/mol. The molecule has 4 rings (SSSR count). The number of amides is 2. The maximum atomic E-state index is 14.6. The Labute approximate surface area is 199 Å². The number of rotatable bonds is 8. The number of nitrogens with zero attached hydrogens (tertiary/aromatic N) is 3. The van der Waals surface area contributed by atoms with E-state index in [1.807, 2.05) is 42.5 Å². The Hall–Kier alpha value is -3.23. The van der Waals surface area contributed by atoms with Gasteiger partial charge in [0.15, 0.2) is 0 Å². The number of methoxy groups -OCH3 is 1. The van der Waals surface area contributed by atoms with Gasteiger partial charge in [-0.25, -0.2) is 13.9 Å². The summed E-state index contributed by atoms with van der Waals surface area (Å²) in [5, 5.41) is 10.7. The van der Waals surface area contributed by atoms with Gasteiger partial charge in [0.05, 0.1) is 24.0 Å². The molecular weight excluding hydrogens is 433 g/mol. The second-order valence-corrected chi connectivity index (χ2v) is 8.94. The third-order valence-electron chi connectivity index (χ3n) is 6.19. The van der Waals surface area contributed by atoms with Gasteiger partial charge in [-0.1, -0.05) is 50.2 Å². The maximum Gasteiger partial charge on any atom is 0.320 e. The molecule has 0 radical (unpaired) electrons. The molecule has 34 heavy (non-hydrogen) atoms. The summed E-state index contributed by atoms with van der Waals surface area (Å²) < 4.78 is 21.6. The van der Waals surface area contributed by atoms with E-state index in [-0.39, 0.29) is 29.7 Å². The predicted octanol–water partition coefficient (Wildman–Crippen LogP) is 4.37. The molecule has 2 aromatic carbocycles. The topological polar surface area (TPSA) is 71.4 Å². The highest BCUT2D eigenvalue weighted by atomic mass is 19.1. The van der Waals surface area contributed by atoms with E-state index in [2.05, 4.69) is 34.5 Å². The summed E-state index contributed by atoms with van der Waals surface area (Å²) in [5.74, 6) is 0.387. The molecule has 1 unspecified atom stereocenters. The van der Waals surface area contributed by atoms with Crippen molar-refractivity contribution in [1.82, 2.24) is 20.0 Å². The van der Waals surface area contributed by atoms with E-state index in [1.165, 1.54) is 6.07 Å². The molecule has 0 bridgehead atoms. The van der Waals surface area contributed by atoms with Crippen LogP contribution in [0.2, 0.25) is 0 Å². The van der Waals surface area contributed by atoms with Crippen LogP contribution in [0.4, 0.5) is 15.0 Å². The third kappa shape index (κ3) is 5.46. The Bertz CT molecular complexity index is 1100. The number of anilines is 1. The lowest BCUT2D eigenvalue weighted by Crippen LogP contribution is -2.42. The summed E-state index contributed by atoms with van der Waals surface area (Å²) in [6.07, 6.45) is 0. The van der Waals surface area contributed by atoms with E-state index in [0.717, 1.165) is 17.9 Å². The summed E-state index contributed by atoms with van der Waals surface area (Å²) in [5.41, 5.74) is 2.36. The van der Waals surface area contributed by atoms with Gasteiger partial charge in [-0.2, -0.15) is 5.10 Å². The molecule has 8 heteroatoms. The van der Waals surface area contributed by atoms with Gasteiger partial charge in [-0.05, 0) is 29.7 Å². The molecule has 1 aliphatic heterocycles. The van der Waals surface area contributed by atoms with Gasteiger partial charge in [0.1, 0.15) is 11.6 Å². The molecule has 2 heterocycles. The monoisotopic (exact) mass is 465 g/mol. The fraction of sp³-hybridized carbons (Fsp3) is 0.385. The Balaban J connectivity index is 1.53. The van der Waals surface area contributed by atoms with Gasteiger partial charge in [-0.3, -0.25) is 10.2 Å². The van der Waals surface area contributed by atoms with Crippen molar-refractivity contribution in [3.8, 4) is 5.69 Å². The second kappa shape index (κ2) is 10.8. The zero-order chi connectivity index (χ0) is 24.1. The SMILES string of the molecule is COCCN1CC(c2ccccc2F)[C@H](NC(=O)Nc2cc(C(C)C)nn2-c2ccccc2)C1. The molecule has 180 valence electrons. The lowest BCUT2D eigenvalue weighted by Gasteiger charge is -2.21. The summed E-state index contributed by atoms with van der Waals surface area (Å²) in [4.78, 5) is 15.3. The Kier molecular flexibility index (Phi) is 7.59. The third-order valence-corrected chi connectivity index (χ3v) is 6.19. The van der Waals surface area contributed by atoms with Gasteiger partial charge in [0, 0.05) is 38.7 Å². The van der Waals surface area contributed by atoms with E-state index in [4.69, 9.17) is 4.74 Å². The highest BCUT2D eigenvalue weighted by Crippen LogP contribution is 2.30. The number of aromatic nitrogens is 2. The number of carbonyl (C=O) groups excluding carboxylic acids is 1. The van der Waals surface area contributed by atoms with Crippen molar-refractivity contribution in [2.45, 2.75) is 31.7 Å².